The first kappa shape index (κ1) is 20.7. The van der Waals surface area contributed by atoms with E-state index in [4.69, 9.17) is 5.11 Å². The Labute approximate surface area is 166 Å². The third-order valence-corrected chi connectivity index (χ3v) is 4.72. The van der Waals surface area contributed by atoms with Gasteiger partial charge in [-0.25, -0.2) is 4.98 Å². The Morgan fingerprint density at radius 1 is 1.28 bits per heavy atom. The molecular formula is C21H21F3N2O3. The average Bonchev–Trinajstić information content (AvgIpc) is 2.66. The van der Waals surface area contributed by atoms with Crippen LogP contribution in [0.4, 0.5) is 19.0 Å². The SMILES string of the molecule is O=C(O)CC1CC=C(c2ccc(NCc3cccc(OC(F)(F)F)c3)nc2)CC1. The summed E-state index contributed by atoms with van der Waals surface area (Å²) in [5, 5.41) is 12.0. The second kappa shape index (κ2) is 8.98. The van der Waals surface area contributed by atoms with Gasteiger partial charge in [0, 0.05) is 19.2 Å². The van der Waals surface area contributed by atoms with Crippen LogP contribution in [0, 0.1) is 5.92 Å². The summed E-state index contributed by atoms with van der Waals surface area (Å²) in [6, 6.07) is 9.53. The first-order valence-corrected chi connectivity index (χ1v) is 9.24. The average molecular weight is 406 g/mol. The van der Waals surface area contributed by atoms with Gasteiger partial charge in [-0.3, -0.25) is 4.79 Å². The number of allylic oxidation sites excluding steroid dienone is 2. The standard InChI is InChI=1S/C21H21F3N2O3/c22-21(23,24)29-18-3-1-2-15(10-18)12-25-19-9-8-17(13-26-19)16-6-4-14(5-7-16)11-20(27)28/h1-3,6,8-10,13-14H,4-5,7,11-12H2,(H,25,26)(H,27,28). The number of carboxylic acids is 1. The van der Waals surface area contributed by atoms with E-state index < -0.39 is 12.3 Å². The first-order valence-electron chi connectivity index (χ1n) is 9.24. The molecule has 1 aliphatic rings. The number of anilines is 1. The summed E-state index contributed by atoms with van der Waals surface area (Å²) in [6.07, 6.45) is 1.71. The van der Waals surface area contributed by atoms with Gasteiger partial charge in [0.2, 0.25) is 0 Å². The molecule has 1 aliphatic carbocycles. The van der Waals surface area contributed by atoms with Crippen LogP contribution in [-0.4, -0.2) is 22.4 Å². The largest absolute Gasteiger partial charge is 0.573 e. The molecular weight excluding hydrogens is 385 g/mol. The van der Waals surface area contributed by atoms with Gasteiger partial charge in [-0.1, -0.05) is 18.2 Å². The molecule has 0 saturated carbocycles. The molecule has 0 spiro atoms. The van der Waals surface area contributed by atoms with E-state index in [1.165, 1.54) is 18.2 Å². The van der Waals surface area contributed by atoms with Crippen LogP contribution in [0.1, 0.15) is 36.8 Å². The molecule has 1 atom stereocenters. The number of carboxylic acid groups (broad SMARTS) is 1. The maximum Gasteiger partial charge on any atom is 0.573 e. The number of aliphatic carboxylic acids is 1. The van der Waals surface area contributed by atoms with Crippen LogP contribution in [0.2, 0.25) is 0 Å². The molecule has 0 saturated heterocycles. The summed E-state index contributed by atoms with van der Waals surface area (Å²) in [5.41, 5.74) is 2.78. The van der Waals surface area contributed by atoms with Crippen molar-refractivity contribution in [1.29, 1.82) is 0 Å². The molecule has 1 heterocycles. The molecule has 0 fully saturated rings. The van der Waals surface area contributed by atoms with E-state index in [1.807, 2.05) is 12.1 Å². The van der Waals surface area contributed by atoms with Gasteiger partial charge in [0.25, 0.3) is 0 Å². The summed E-state index contributed by atoms with van der Waals surface area (Å²) >= 11 is 0. The van der Waals surface area contributed by atoms with Crippen LogP contribution in [0.25, 0.3) is 5.57 Å². The summed E-state index contributed by atoms with van der Waals surface area (Å²) in [6.45, 7) is 0.307. The van der Waals surface area contributed by atoms with Gasteiger partial charge in [-0.05, 0) is 66.1 Å². The van der Waals surface area contributed by atoms with E-state index in [0.717, 1.165) is 30.4 Å². The lowest BCUT2D eigenvalue weighted by Crippen LogP contribution is -2.17. The summed E-state index contributed by atoms with van der Waals surface area (Å²) in [7, 11) is 0. The number of hydrogen-bond acceptors (Lipinski definition) is 4. The number of pyridine rings is 1. The zero-order valence-electron chi connectivity index (χ0n) is 15.6. The maximum absolute atomic E-state index is 12.3. The van der Waals surface area contributed by atoms with Gasteiger partial charge in [0.1, 0.15) is 11.6 Å². The molecule has 154 valence electrons. The fourth-order valence-electron chi connectivity index (χ4n) is 3.32. The molecule has 0 amide bonds. The van der Waals surface area contributed by atoms with Crippen molar-refractivity contribution in [3.63, 3.8) is 0 Å². The summed E-state index contributed by atoms with van der Waals surface area (Å²) < 4.78 is 40.9. The van der Waals surface area contributed by atoms with Crippen molar-refractivity contribution in [3.8, 4) is 5.75 Å². The van der Waals surface area contributed by atoms with E-state index in [2.05, 4.69) is 21.1 Å². The van der Waals surface area contributed by atoms with Crippen LogP contribution < -0.4 is 10.1 Å². The number of rotatable bonds is 7. The Morgan fingerprint density at radius 2 is 2.10 bits per heavy atom. The molecule has 0 bridgehead atoms. The van der Waals surface area contributed by atoms with E-state index in [1.54, 1.807) is 12.3 Å². The van der Waals surface area contributed by atoms with Gasteiger partial charge in [-0.2, -0.15) is 0 Å². The number of carbonyl (C=O) groups is 1. The highest BCUT2D eigenvalue weighted by molar-refractivity contribution is 5.69. The normalized spacial score (nSPS) is 16.8. The zero-order valence-corrected chi connectivity index (χ0v) is 15.6. The van der Waals surface area contributed by atoms with Crippen LogP contribution in [0.3, 0.4) is 0 Å². The van der Waals surface area contributed by atoms with Crippen LogP contribution in [-0.2, 0) is 11.3 Å². The second-order valence-electron chi connectivity index (χ2n) is 6.95. The van der Waals surface area contributed by atoms with Gasteiger partial charge in [-0.15, -0.1) is 13.2 Å². The highest BCUT2D eigenvalue weighted by Gasteiger charge is 2.31. The molecule has 29 heavy (non-hydrogen) atoms. The number of aromatic nitrogens is 1. The van der Waals surface area contributed by atoms with Crippen molar-refractivity contribution in [2.75, 3.05) is 5.32 Å². The number of ether oxygens (including phenoxy) is 1. The Hall–Kier alpha value is -3.03. The van der Waals surface area contributed by atoms with Crippen molar-refractivity contribution in [1.82, 2.24) is 4.98 Å². The Balaban J connectivity index is 1.56. The lowest BCUT2D eigenvalue weighted by Gasteiger charge is -2.20. The van der Waals surface area contributed by atoms with Crippen molar-refractivity contribution in [2.24, 2.45) is 5.92 Å². The Kier molecular flexibility index (Phi) is 6.41. The Morgan fingerprint density at radius 3 is 2.72 bits per heavy atom. The number of benzene rings is 1. The van der Waals surface area contributed by atoms with Crippen molar-refractivity contribution >= 4 is 17.4 Å². The highest BCUT2D eigenvalue weighted by atomic mass is 19.4. The molecule has 0 radical (unpaired) electrons. The summed E-state index contributed by atoms with van der Waals surface area (Å²) in [4.78, 5) is 15.2. The van der Waals surface area contributed by atoms with Gasteiger partial charge < -0.3 is 15.2 Å². The quantitative estimate of drug-likeness (QED) is 0.657. The smallest absolute Gasteiger partial charge is 0.481 e. The monoisotopic (exact) mass is 406 g/mol. The lowest BCUT2D eigenvalue weighted by atomic mass is 9.85. The molecule has 8 heteroatoms. The second-order valence-corrected chi connectivity index (χ2v) is 6.95. The Bertz CT molecular complexity index is 879. The molecule has 1 aromatic heterocycles. The van der Waals surface area contributed by atoms with Crippen LogP contribution in [0.15, 0.2) is 48.7 Å². The third-order valence-electron chi connectivity index (χ3n) is 4.72. The predicted octanol–water partition coefficient (Wildman–Crippen LogP) is 5.25. The molecule has 1 aromatic carbocycles. The third kappa shape index (κ3) is 6.51. The minimum atomic E-state index is -4.72. The van der Waals surface area contributed by atoms with Gasteiger partial charge in [0.05, 0.1) is 0 Å². The van der Waals surface area contributed by atoms with E-state index in [9.17, 15) is 18.0 Å². The fourth-order valence-corrected chi connectivity index (χ4v) is 3.32. The van der Waals surface area contributed by atoms with Crippen LogP contribution in [0.5, 0.6) is 5.75 Å². The topological polar surface area (TPSA) is 71.5 Å². The van der Waals surface area contributed by atoms with Crippen molar-refractivity contribution in [3.05, 3.63) is 59.8 Å². The number of nitrogens with zero attached hydrogens (tertiary/aromatic N) is 1. The number of halogens is 3. The predicted molar refractivity (Wildman–Crippen MR) is 102 cm³/mol. The maximum atomic E-state index is 12.3. The van der Waals surface area contributed by atoms with E-state index in [0.29, 0.717) is 17.9 Å². The molecule has 0 aliphatic heterocycles. The molecule has 5 nitrogen and oxygen atoms in total. The number of alkyl halides is 3. The molecule has 3 rings (SSSR count). The highest BCUT2D eigenvalue weighted by Crippen LogP contribution is 2.32. The summed E-state index contributed by atoms with van der Waals surface area (Å²) in [5.74, 6) is -0.233. The molecule has 1 unspecified atom stereocenters. The lowest BCUT2D eigenvalue weighted by molar-refractivity contribution is -0.274. The van der Waals surface area contributed by atoms with E-state index >= 15 is 0 Å². The minimum Gasteiger partial charge on any atom is -0.481 e. The number of hydrogen-bond donors (Lipinski definition) is 2. The van der Waals surface area contributed by atoms with Gasteiger partial charge in [0.15, 0.2) is 0 Å². The fraction of sp³-hybridized carbons (Fsp3) is 0.333. The van der Waals surface area contributed by atoms with Gasteiger partial charge >= 0.3 is 12.3 Å². The number of nitrogens with one attached hydrogen (secondary N) is 1. The van der Waals surface area contributed by atoms with Crippen molar-refractivity contribution < 1.29 is 27.8 Å². The molecule has 2 N–H and O–H groups in total. The van der Waals surface area contributed by atoms with Crippen molar-refractivity contribution in [2.45, 2.75) is 38.6 Å². The van der Waals surface area contributed by atoms with Crippen LogP contribution >= 0.6 is 0 Å². The minimum absolute atomic E-state index is 0.183. The first-order chi connectivity index (χ1) is 13.8. The van der Waals surface area contributed by atoms with E-state index in [-0.39, 0.29) is 18.1 Å². The zero-order chi connectivity index (χ0) is 20.9. The molecule has 2 aromatic rings.